The van der Waals surface area contributed by atoms with Crippen LogP contribution in [0.15, 0.2) is 339 Å². The van der Waals surface area contributed by atoms with Gasteiger partial charge in [-0.05, 0) is 81.6 Å². The minimum atomic E-state index is -1.98. The zero-order chi connectivity index (χ0) is 99.8. The molecule has 4 aliphatic heterocycles. The molecule has 20 atom stereocenters. The molecule has 4 saturated heterocycles. The second kappa shape index (κ2) is 59.0. The van der Waals surface area contributed by atoms with Crippen LogP contribution in [0.3, 0.4) is 0 Å². The van der Waals surface area contributed by atoms with Crippen molar-refractivity contribution >= 4 is 48.2 Å². The number of benzene rings is 11. The van der Waals surface area contributed by atoms with Gasteiger partial charge in [0.1, 0.15) is 82.6 Å². The Balaban J connectivity index is 0.000000199. The molecule has 738 valence electrons. The Morgan fingerprint density at radius 3 is 0.978 bits per heavy atom. The van der Waals surface area contributed by atoms with E-state index in [1.807, 2.05) is 341 Å². The number of esters is 2. The quantitative estimate of drug-likeness (QED) is 0.0175. The van der Waals surface area contributed by atoms with Crippen LogP contribution >= 0.6 is 24.5 Å². The number of hydrogen-bond donors (Lipinski definition) is 5. The predicted molar refractivity (Wildman–Crippen MR) is 523 cm³/mol. The summed E-state index contributed by atoms with van der Waals surface area (Å²) >= 11 is 1.85. The first kappa shape index (κ1) is 103. The Bertz CT molecular complexity index is 5350. The topological polar surface area (TPSA) is 295 Å². The van der Waals surface area contributed by atoms with Gasteiger partial charge in [0.15, 0.2) is 18.5 Å². The van der Waals surface area contributed by atoms with Crippen LogP contribution in [0, 0.1) is 0 Å². The molecule has 11 aromatic rings. The summed E-state index contributed by atoms with van der Waals surface area (Å²) in [7, 11) is 3.04. The molecule has 0 spiro atoms. The molecular weight excluding hydrogens is 1820 g/mol. The van der Waals surface area contributed by atoms with Gasteiger partial charge in [0.05, 0.1) is 104 Å². The van der Waals surface area contributed by atoms with Crippen molar-refractivity contribution in [2.75, 3.05) is 27.3 Å². The Hall–Kier alpha value is -10.8. The average molecular weight is 1950 g/mol. The van der Waals surface area contributed by atoms with Gasteiger partial charge < -0.3 is 96.3 Å². The van der Waals surface area contributed by atoms with Crippen LogP contribution in [0.5, 0.6) is 0 Å². The molecular formula is C110H125F2N3O22S2. The van der Waals surface area contributed by atoms with Crippen molar-refractivity contribution in [3.05, 3.63) is 389 Å². The average Bonchev–Trinajstić information content (AvgIpc) is 0.769. The maximum atomic E-state index is 16.9. The third kappa shape index (κ3) is 34.8. The summed E-state index contributed by atoms with van der Waals surface area (Å²) in [6.07, 6.45) is -19.9. The lowest BCUT2D eigenvalue weighted by molar-refractivity contribution is -0.363. The molecule has 4 fully saturated rings. The van der Waals surface area contributed by atoms with Crippen LogP contribution in [0.2, 0.25) is 2.82 Å². The second-order valence-electron chi connectivity index (χ2n) is 33.3. The number of nitrogens with one attached hydrogen (secondary N) is 2. The molecule has 0 saturated carbocycles. The fraction of sp³-hybridized carbons (Fsp3) is 0.364. The van der Waals surface area contributed by atoms with Crippen molar-refractivity contribution < 1.29 is 116 Å². The number of ether oxygens (including phenoxy) is 17. The fourth-order valence-corrected chi connectivity index (χ4v) is 17.1. The lowest BCUT2D eigenvalue weighted by Crippen LogP contribution is -2.65. The van der Waals surface area contributed by atoms with Crippen LogP contribution in [-0.4, -0.2) is 179 Å². The third-order valence-electron chi connectivity index (χ3n) is 23.2. The van der Waals surface area contributed by atoms with Gasteiger partial charge in [0, 0.05) is 31.8 Å². The zero-order valence-corrected chi connectivity index (χ0v) is 79.8. The molecule has 4 heterocycles. The Morgan fingerprint density at radius 1 is 0.360 bits per heavy atom. The number of carbonyl (C=O) groups excluding carboxylic acids is 4. The number of aliphatic hydroxyl groups excluding tert-OH is 1. The Kier molecular flexibility index (Phi) is 43.6. The fourth-order valence-electron chi connectivity index (χ4n) is 15.9. The largest absolute Gasteiger partial charge is 0.457 e. The van der Waals surface area contributed by atoms with Crippen molar-refractivity contribution in [3.8, 4) is 0 Å². The Labute approximate surface area is 826 Å². The summed E-state index contributed by atoms with van der Waals surface area (Å²) in [4.78, 5) is 51.0. The van der Waals surface area contributed by atoms with Crippen LogP contribution in [0.1, 0.15) is 95.2 Å². The molecule has 0 aliphatic carbocycles. The smallest absolute Gasteiger partial charge is 0.306 e. The number of amides is 2. The number of rotatable bonds is 45. The molecule has 11 aromatic carbocycles. The molecule has 25 nitrogen and oxygen atoms in total. The molecule has 0 radical (unpaired) electrons. The van der Waals surface area contributed by atoms with Gasteiger partial charge in [0.2, 0.25) is 24.5 Å². The minimum Gasteiger partial charge on any atom is -0.457 e. The van der Waals surface area contributed by atoms with Gasteiger partial charge in [0.25, 0.3) is 0 Å². The summed E-state index contributed by atoms with van der Waals surface area (Å²) in [5, 5.41) is 16.3. The number of hydrogen-bond acceptors (Lipinski definition) is 25. The first-order valence-corrected chi connectivity index (χ1v) is 47.7. The lowest BCUT2D eigenvalue weighted by Gasteiger charge is -2.49. The van der Waals surface area contributed by atoms with Crippen molar-refractivity contribution in [2.24, 2.45) is 5.13 Å². The molecule has 5 N–H and O–H groups in total. The van der Waals surface area contributed by atoms with Crippen molar-refractivity contribution in [3.63, 3.8) is 0 Å². The monoisotopic (exact) mass is 1950 g/mol. The molecule has 9 unspecified atom stereocenters. The van der Waals surface area contributed by atoms with Gasteiger partial charge >= 0.3 is 11.9 Å². The molecule has 2 amide bonds. The number of carbonyl (C=O) groups is 4. The lowest BCUT2D eigenvalue weighted by atomic mass is 9.96. The van der Waals surface area contributed by atoms with Crippen molar-refractivity contribution in [1.82, 2.24) is 10.6 Å². The highest BCUT2D eigenvalue weighted by Crippen LogP contribution is 2.41. The number of alkyl halides is 2. The number of thioether (sulfide) groups is 1. The van der Waals surface area contributed by atoms with E-state index in [1.54, 1.807) is 18.7 Å². The summed E-state index contributed by atoms with van der Waals surface area (Å²) in [6.45, 7) is 5.76. The van der Waals surface area contributed by atoms with Crippen LogP contribution in [0.25, 0.3) is 0 Å². The molecule has 29 heteroatoms. The van der Waals surface area contributed by atoms with Gasteiger partial charge in [-0.2, -0.15) is 0 Å². The van der Waals surface area contributed by atoms with Crippen molar-refractivity contribution in [2.45, 2.75) is 233 Å². The zero-order valence-electron chi connectivity index (χ0n) is 81.2. The number of nitrogens with two attached hydrogens (primary N) is 1. The maximum absolute atomic E-state index is 16.9. The SMILES string of the molecule is CNC(=O)CCC(=O)O[C@@H]1C(C)OC(O[C@@H]2[C@H](OCc3ccccc3)C(F)OC(COCc3ccccc3)[C@@H]2OCc2ccccc2)C(OCc2ccccc2)[C@H]1OCc1ccccc1.CNC(=O)CCC(=O)O[C@@H]1C(C)O[C@H](Sc2ccccc2)C(OCc2ccccc2)[C@H]1OCc1ccccc1.O[C@@H]1C(OCc2ccccc2)[C@@H](F)OC(COCc2ccccc2)[C@@H]1OCc1ccccc1.[2H]N([3H])S[3H]. The van der Waals surface area contributed by atoms with E-state index in [2.05, 4.69) is 10.6 Å². The third-order valence-corrected chi connectivity index (χ3v) is 24.4. The number of thiol groups is 1. The summed E-state index contributed by atoms with van der Waals surface area (Å²) < 4.78 is 157. The van der Waals surface area contributed by atoms with E-state index < -0.39 is 134 Å². The Morgan fingerprint density at radius 2 is 0.633 bits per heavy atom. The molecule has 0 bridgehead atoms. The predicted octanol–water partition coefficient (Wildman–Crippen LogP) is 17.2. The molecule has 15 rings (SSSR count). The summed E-state index contributed by atoms with van der Waals surface area (Å²) in [5.41, 5.74) is 8.76. The molecule has 0 aromatic heterocycles. The van der Waals surface area contributed by atoms with Crippen LogP contribution < -0.4 is 15.8 Å². The van der Waals surface area contributed by atoms with E-state index in [0.29, 0.717) is 32.5 Å². The van der Waals surface area contributed by atoms with Crippen LogP contribution in [0.4, 0.5) is 8.78 Å². The minimum absolute atomic E-state index is 0.0349. The first-order valence-electron chi connectivity index (χ1n) is 47.8. The second-order valence-corrected chi connectivity index (χ2v) is 34.5. The number of halogens is 2. The van der Waals surface area contributed by atoms with E-state index in [9.17, 15) is 28.7 Å². The van der Waals surface area contributed by atoms with E-state index in [4.69, 9.17) is 84.5 Å². The first-order chi connectivity index (χ1) is 69.3. The van der Waals surface area contributed by atoms with Crippen LogP contribution in [-0.2, 0) is 166 Å². The highest BCUT2D eigenvalue weighted by atomic mass is 32.2. The highest BCUT2D eigenvalue weighted by Gasteiger charge is 2.56. The maximum Gasteiger partial charge on any atom is 0.306 e. The van der Waals surface area contributed by atoms with Gasteiger partial charge in [-0.3, -0.25) is 24.3 Å². The van der Waals surface area contributed by atoms with E-state index in [-0.39, 0.29) is 102 Å². The van der Waals surface area contributed by atoms with E-state index in [0.717, 1.165) is 60.5 Å². The standard InChI is InChI=1S/C52H58FNO11.C31H35NO6S.C27H29FO5.H3NS/c1-36-45(64-44(56)29-28-43(55)54-2)47(59-32-39-22-12-5-13-23-39)50(61-34-41-26-16-7-17-27-41)52(62-36)65-48-46(58-31-38-20-10-4-11-21-38)42(35-57-30-37-18-8-3-9-19-37)63-51(53)49(48)60-33-40-24-14-6-15-25-40;1-22-28(38-27(34)19-18-26(33)32-2)29(35-20-23-12-6-3-7-13-23)30(36-21-24-14-8-4-9-15-24)31(37-22)39-25-16-10-5-11-17-25;28-27-26(32-18-22-14-8-3-9-15-22)24(29)25(31-17-21-12-6-2-7-13-21)23(33-27)19-30-16-20-10-4-1-5-11-20;1-2/h3-27,36,42,45-52H,28-35H2,1-2H3,(H,54,55);3-17,22,28-31H,18-21H2,1-2H3,(H,32,33);1-15,23-27,29H,16-19H2;2H,1H2/t36?,42?,45-,46+,47+,48+,49+,50?,51?,52?;22?,28-,29+,30?,31-;23?,24-,25-,26?,27-;/m110./s1/i;;;2T/hTD. The van der Waals surface area contributed by atoms with E-state index >= 15 is 4.39 Å². The van der Waals surface area contributed by atoms with Gasteiger partial charge in [-0.1, -0.05) is 333 Å². The summed E-state index contributed by atoms with van der Waals surface area (Å²) in [6, 6.07) is 106. The van der Waals surface area contributed by atoms with E-state index in [1.165, 1.54) is 14.1 Å². The molecule has 4 aliphatic rings. The normalized spacial score (nSPS) is 24.6. The highest BCUT2D eigenvalue weighted by molar-refractivity contribution is 7.99. The van der Waals surface area contributed by atoms with Gasteiger partial charge in [-0.15, -0.1) is 12.7 Å². The summed E-state index contributed by atoms with van der Waals surface area (Å²) in [5.74, 6) is -1.62. The number of aliphatic hydroxyl groups is 1. The van der Waals surface area contributed by atoms with Crippen molar-refractivity contribution in [1.29, 1.82) is 1.12 Å². The molecule has 139 heavy (non-hydrogen) atoms. The van der Waals surface area contributed by atoms with Gasteiger partial charge in [-0.25, -0.2) is 8.78 Å².